The number of benzene rings is 1. The summed E-state index contributed by atoms with van der Waals surface area (Å²) in [4.78, 5) is 2.56. The molecule has 0 saturated carbocycles. The van der Waals surface area contributed by atoms with E-state index in [9.17, 15) is 0 Å². The van der Waals surface area contributed by atoms with Gasteiger partial charge in [0.15, 0.2) is 0 Å². The van der Waals surface area contributed by atoms with Gasteiger partial charge in [0.2, 0.25) is 0 Å². The maximum Gasteiger partial charge on any atom is 0.123 e. The van der Waals surface area contributed by atoms with Crippen molar-refractivity contribution in [1.29, 1.82) is 0 Å². The molecule has 0 radical (unpaired) electrons. The van der Waals surface area contributed by atoms with Crippen molar-refractivity contribution in [2.75, 3.05) is 20.2 Å². The molecular formula is C18H30N2O. The highest BCUT2D eigenvalue weighted by molar-refractivity contribution is 5.37. The molecule has 21 heavy (non-hydrogen) atoms. The van der Waals surface area contributed by atoms with Crippen LogP contribution in [-0.2, 0) is 13.1 Å². The van der Waals surface area contributed by atoms with Crippen LogP contribution in [0.4, 0.5) is 0 Å². The lowest BCUT2D eigenvalue weighted by Crippen LogP contribution is -2.32. The second-order valence-corrected chi connectivity index (χ2v) is 6.64. The lowest BCUT2D eigenvalue weighted by atomic mass is 9.98. The Balaban J connectivity index is 1.97. The Morgan fingerprint density at radius 2 is 2.00 bits per heavy atom. The van der Waals surface area contributed by atoms with Crippen molar-refractivity contribution in [3.05, 3.63) is 29.3 Å². The zero-order chi connectivity index (χ0) is 15.2. The summed E-state index contributed by atoms with van der Waals surface area (Å²) in [5.74, 6) is 1.89. The maximum atomic E-state index is 5.57. The van der Waals surface area contributed by atoms with Crippen LogP contribution in [0.15, 0.2) is 18.2 Å². The van der Waals surface area contributed by atoms with Gasteiger partial charge in [0.05, 0.1) is 7.11 Å². The van der Waals surface area contributed by atoms with Gasteiger partial charge in [-0.3, -0.25) is 4.90 Å². The van der Waals surface area contributed by atoms with Crippen LogP contribution >= 0.6 is 0 Å². The zero-order valence-electron chi connectivity index (χ0n) is 14.0. The smallest absolute Gasteiger partial charge is 0.123 e. The summed E-state index contributed by atoms with van der Waals surface area (Å²) >= 11 is 0. The van der Waals surface area contributed by atoms with Crippen LogP contribution < -0.4 is 10.1 Å². The van der Waals surface area contributed by atoms with Gasteiger partial charge in [-0.1, -0.05) is 32.9 Å². The molecule has 2 rings (SSSR count). The third-order valence-electron chi connectivity index (χ3n) is 4.33. The van der Waals surface area contributed by atoms with Crippen LogP contribution in [0.1, 0.15) is 44.7 Å². The highest BCUT2D eigenvalue weighted by atomic mass is 16.5. The van der Waals surface area contributed by atoms with E-state index in [-0.39, 0.29) is 0 Å². The van der Waals surface area contributed by atoms with E-state index < -0.39 is 0 Å². The molecule has 1 aromatic rings. The number of rotatable bonds is 6. The second kappa shape index (κ2) is 7.81. The van der Waals surface area contributed by atoms with Crippen LogP contribution in [0.5, 0.6) is 5.75 Å². The quantitative estimate of drug-likeness (QED) is 0.869. The summed E-state index contributed by atoms with van der Waals surface area (Å²) in [6, 6.07) is 7.15. The fraction of sp³-hybridized carbons (Fsp3) is 0.667. The monoisotopic (exact) mass is 290 g/mol. The Morgan fingerprint density at radius 3 is 2.62 bits per heavy atom. The van der Waals surface area contributed by atoms with Crippen LogP contribution in [0.3, 0.4) is 0 Å². The molecule has 3 nitrogen and oxygen atoms in total. The van der Waals surface area contributed by atoms with Crippen molar-refractivity contribution in [1.82, 2.24) is 10.2 Å². The largest absolute Gasteiger partial charge is 0.496 e. The molecule has 1 saturated heterocycles. The number of nitrogens with one attached hydrogen (secondary N) is 1. The van der Waals surface area contributed by atoms with E-state index in [2.05, 4.69) is 49.2 Å². The molecule has 0 unspecified atom stereocenters. The first-order valence-corrected chi connectivity index (χ1v) is 8.20. The van der Waals surface area contributed by atoms with Crippen LogP contribution in [0, 0.1) is 5.92 Å². The van der Waals surface area contributed by atoms with E-state index in [4.69, 9.17) is 4.74 Å². The molecule has 1 aromatic carbocycles. The lowest BCUT2D eigenvalue weighted by Gasteiger charge is -2.30. The van der Waals surface area contributed by atoms with Gasteiger partial charge in [-0.15, -0.1) is 0 Å². The number of ether oxygens (including phenoxy) is 1. The SMILES string of the molecule is COc1cc(CN2CCC(C)CC2)ccc1CNC(C)C. The molecule has 0 atom stereocenters. The highest BCUT2D eigenvalue weighted by Gasteiger charge is 2.16. The number of piperidine rings is 1. The standard InChI is InChI=1S/C18H30N2O/c1-14(2)19-12-17-6-5-16(11-18(17)21-4)13-20-9-7-15(3)8-10-20/h5-6,11,14-15,19H,7-10,12-13H2,1-4H3. The Labute approximate surface area is 129 Å². The van der Waals surface area contributed by atoms with E-state index in [1.165, 1.54) is 37.1 Å². The van der Waals surface area contributed by atoms with Crippen LogP contribution in [0.2, 0.25) is 0 Å². The summed E-state index contributed by atoms with van der Waals surface area (Å²) in [5.41, 5.74) is 2.59. The van der Waals surface area contributed by atoms with Gasteiger partial charge in [0.25, 0.3) is 0 Å². The first-order chi connectivity index (χ1) is 10.1. The van der Waals surface area contributed by atoms with Crippen molar-refractivity contribution in [3.8, 4) is 5.75 Å². The molecule has 3 heteroatoms. The predicted octanol–water partition coefficient (Wildman–Crippen LogP) is 3.43. The minimum absolute atomic E-state index is 0.490. The Morgan fingerprint density at radius 1 is 1.29 bits per heavy atom. The first kappa shape index (κ1) is 16.3. The van der Waals surface area contributed by atoms with Crippen LogP contribution in [-0.4, -0.2) is 31.1 Å². The number of methoxy groups -OCH3 is 1. The molecule has 1 fully saturated rings. The van der Waals surface area contributed by atoms with Crippen molar-refractivity contribution in [2.45, 2.75) is 52.7 Å². The normalized spacial score (nSPS) is 17.4. The van der Waals surface area contributed by atoms with Gasteiger partial charge in [0.1, 0.15) is 5.75 Å². The van der Waals surface area contributed by atoms with Gasteiger partial charge < -0.3 is 10.1 Å². The molecule has 1 aliphatic heterocycles. The van der Waals surface area contributed by atoms with Gasteiger partial charge in [0, 0.05) is 24.7 Å². The molecule has 0 aliphatic carbocycles. The Kier molecular flexibility index (Phi) is 6.07. The number of likely N-dealkylation sites (tertiary alicyclic amines) is 1. The Bertz CT molecular complexity index is 437. The van der Waals surface area contributed by atoms with E-state index in [0.717, 1.165) is 24.8 Å². The van der Waals surface area contributed by atoms with E-state index in [1.807, 2.05) is 0 Å². The number of nitrogens with zero attached hydrogens (tertiary/aromatic N) is 1. The first-order valence-electron chi connectivity index (χ1n) is 8.20. The van der Waals surface area contributed by atoms with E-state index in [0.29, 0.717) is 6.04 Å². The van der Waals surface area contributed by atoms with E-state index in [1.54, 1.807) is 7.11 Å². The van der Waals surface area contributed by atoms with Crippen LogP contribution in [0.25, 0.3) is 0 Å². The summed E-state index contributed by atoms with van der Waals surface area (Å²) < 4.78 is 5.57. The zero-order valence-corrected chi connectivity index (χ0v) is 14.0. The average molecular weight is 290 g/mol. The molecule has 1 heterocycles. The van der Waals surface area contributed by atoms with Gasteiger partial charge in [-0.25, -0.2) is 0 Å². The van der Waals surface area contributed by atoms with Crippen molar-refractivity contribution in [2.24, 2.45) is 5.92 Å². The fourth-order valence-corrected chi connectivity index (χ4v) is 2.83. The molecule has 0 spiro atoms. The van der Waals surface area contributed by atoms with Crippen molar-refractivity contribution >= 4 is 0 Å². The third-order valence-corrected chi connectivity index (χ3v) is 4.33. The predicted molar refractivity (Wildman–Crippen MR) is 88.6 cm³/mol. The minimum atomic E-state index is 0.490. The molecule has 1 N–H and O–H groups in total. The molecular weight excluding hydrogens is 260 g/mol. The minimum Gasteiger partial charge on any atom is -0.496 e. The molecule has 118 valence electrons. The van der Waals surface area contributed by atoms with Crippen molar-refractivity contribution < 1.29 is 4.74 Å². The highest BCUT2D eigenvalue weighted by Crippen LogP contribution is 2.23. The van der Waals surface area contributed by atoms with Gasteiger partial charge in [-0.05, 0) is 43.5 Å². The number of hydrogen-bond acceptors (Lipinski definition) is 3. The Hall–Kier alpha value is -1.06. The molecule has 0 amide bonds. The topological polar surface area (TPSA) is 24.5 Å². The second-order valence-electron chi connectivity index (χ2n) is 6.64. The fourth-order valence-electron chi connectivity index (χ4n) is 2.83. The molecule has 0 bridgehead atoms. The summed E-state index contributed by atoms with van der Waals surface area (Å²) in [6.07, 6.45) is 2.65. The summed E-state index contributed by atoms with van der Waals surface area (Å²) in [6.45, 7) is 11.0. The molecule has 0 aromatic heterocycles. The summed E-state index contributed by atoms with van der Waals surface area (Å²) in [7, 11) is 1.76. The van der Waals surface area contributed by atoms with Crippen molar-refractivity contribution in [3.63, 3.8) is 0 Å². The van der Waals surface area contributed by atoms with E-state index >= 15 is 0 Å². The maximum absolute atomic E-state index is 5.57. The third kappa shape index (κ3) is 5.01. The molecule has 1 aliphatic rings. The summed E-state index contributed by atoms with van der Waals surface area (Å²) in [5, 5.41) is 3.45. The van der Waals surface area contributed by atoms with Gasteiger partial charge >= 0.3 is 0 Å². The van der Waals surface area contributed by atoms with Gasteiger partial charge in [-0.2, -0.15) is 0 Å². The lowest BCUT2D eigenvalue weighted by molar-refractivity contribution is 0.185. The number of hydrogen-bond donors (Lipinski definition) is 1. The average Bonchev–Trinajstić information content (AvgIpc) is 2.48.